The summed E-state index contributed by atoms with van der Waals surface area (Å²) in [5.74, 6) is 0. The topological polar surface area (TPSA) is 46.2 Å². The van der Waals surface area contributed by atoms with E-state index < -0.39 is 10.0 Å². The molecule has 116 valence electrons. The van der Waals surface area contributed by atoms with Gasteiger partial charge in [-0.15, -0.1) is 6.58 Å². The summed E-state index contributed by atoms with van der Waals surface area (Å²) in [5, 5.41) is 0. The second-order valence-electron chi connectivity index (χ2n) is 6.09. The van der Waals surface area contributed by atoms with Crippen molar-refractivity contribution in [1.29, 1.82) is 0 Å². The molecule has 0 radical (unpaired) electrons. The van der Waals surface area contributed by atoms with Gasteiger partial charge in [-0.25, -0.2) is 13.1 Å². The Morgan fingerprint density at radius 2 is 1.90 bits per heavy atom. The maximum atomic E-state index is 12.5. The van der Waals surface area contributed by atoms with Gasteiger partial charge in [-0.3, -0.25) is 0 Å². The lowest BCUT2D eigenvalue weighted by atomic mass is 9.74. The lowest BCUT2D eigenvalue weighted by Gasteiger charge is -2.42. The Bertz CT molecular complexity index is 571. The van der Waals surface area contributed by atoms with Crippen molar-refractivity contribution < 1.29 is 8.42 Å². The summed E-state index contributed by atoms with van der Waals surface area (Å²) in [6.45, 7) is 5.68. The van der Waals surface area contributed by atoms with Crippen molar-refractivity contribution in [1.82, 2.24) is 4.72 Å². The van der Waals surface area contributed by atoms with Gasteiger partial charge >= 0.3 is 0 Å². The monoisotopic (exact) mass is 307 g/mol. The molecule has 0 bridgehead atoms. The number of unbranched alkanes of at least 4 members (excludes halogenated alkanes) is 2. The Balaban J connectivity index is 2.03. The van der Waals surface area contributed by atoms with Crippen LogP contribution in [0.3, 0.4) is 0 Å². The van der Waals surface area contributed by atoms with Gasteiger partial charge in [0.2, 0.25) is 10.0 Å². The number of allylic oxidation sites excluding steroid dienone is 1. The molecule has 1 aliphatic carbocycles. The van der Waals surface area contributed by atoms with E-state index in [1.165, 1.54) is 0 Å². The Morgan fingerprint density at radius 3 is 2.43 bits per heavy atom. The van der Waals surface area contributed by atoms with E-state index in [4.69, 9.17) is 0 Å². The second kappa shape index (κ2) is 6.75. The Labute approximate surface area is 128 Å². The van der Waals surface area contributed by atoms with E-state index in [0.29, 0.717) is 4.90 Å². The van der Waals surface area contributed by atoms with Crippen LogP contribution in [-0.2, 0) is 10.0 Å². The molecule has 0 amide bonds. The zero-order valence-corrected chi connectivity index (χ0v) is 13.6. The molecule has 0 aromatic heterocycles. The largest absolute Gasteiger partial charge is 0.241 e. The van der Waals surface area contributed by atoms with Crippen molar-refractivity contribution >= 4 is 10.0 Å². The van der Waals surface area contributed by atoms with Crippen molar-refractivity contribution in [2.24, 2.45) is 0 Å². The predicted molar refractivity (Wildman–Crippen MR) is 86.7 cm³/mol. The van der Waals surface area contributed by atoms with Crippen molar-refractivity contribution in [2.45, 2.75) is 62.3 Å². The van der Waals surface area contributed by atoms with Gasteiger partial charge in [0.1, 0.15) is 0 Å². The summed E-state index contributed by atoms with van der Waals surface area (Å²) in [6, 6.07) is 7.04. The Kier molecular flexibility index (Phi) is 5.22. The zero-order chi connectivity index (χ0) is 15.3. The number of nitrogens with one attached hydrogen (secondary N) is 1. The maximum Gasteiger partial charge on any atom is 0.241 e. The number of rotatable bonds is 8. The van der Waals surface area contributed by atoms with Gasteiger partial charge in [0.15, 0.2) is 0 Å². The van der Waals surface area contributed by atoms with Gasteiger partial charge in [0, 0.05) is 5.54 Å². The standard InChI is InChI=1S/C17H25NO2S/c1-3-4-5-6-12-17(13-7-14-17)18-21(19,20)16-10-8-15(2)9-11-16/h3,8-11,18H,1,4-7,12-14H2,2H3. The van der Waals surface area contributed by atoms with Crippen LogP contribution < -0.4 is 4.72 Å². The highest BCUT2D eigenvalue weighted by atomic mass is 32.2. The molecule has 0 atom stereocenters. The molecule has 1 saturated carbocycles. The molecule has 1 N–H and O–H groups in total. The molecule has 0 aliphatic heterocycles. The van der Waals surface area contributed by atoms with Gasteiger partial charge in [-0.05, 0) is 57.6 Å². The Morgan fingerprint density at radius 1 is 1.24 bits per heavy atom. The second-order valence-corrected chi connectivity index (χ2v) is 7.77. The molecule has 3 nitrogen and oxygen atoms in total. The quantitative estimate of drug-likeness (QED) is 0.584. The van der Waals surface area contributed by atoms with Gasteiger partial charge in [-0.2, -0.15) is 0 Å². The van der Waals surface area contributed by atoms with E-state index in [1.807, 2.05) is 25.1 Å². The third-order valence-electron chi connectivity index (χ3n) is 4.31. The molecule has 0 unspecified atom stereocenters. The van der Waals surface area contributed by atoms with Gasteiger partial charge in [-0.1, -0.05) is 30.2 Å². The summed E-state index contributed by atoms with van der Waals surface area (Å²) in [4.78, 5) is 0.366. The molecule has 0 spiro atoms. The first-order valence-corrected chi connectivity index (χ1v) is 9.17. The molecule has 21 heavy (non-hydrogen) atoms. The minimum Gasteiger partial charge on any atom is -0.207 e. The molecule has 0 saturated heterocycles. The molecular weight excluding hydrogens is 282 g/mol. The van der Waals surface area contributed by atoms with E-state index in [1.54, 1.807) is 12.1 Å². The number of aryl methyl sites for hydroxylation is 1. The lowest BCUT2D eigenvalue weighted by Crippen LogP contribution is -2.53. The fourth-order valence-electron chi connectivity index (χ4n) is 2.82. The van der Waals surface area contributed by atoms with Crippen LogP contribution in [0.2, 0.25) is 0 Å². The molecule has 1 fully saturated rings. The van der Waals surface area contributed by atoms with Crippen LogP contribution in [0.15, 0.2) is 41.8 Å². The minimum atomic E-state index is -3.41. The van der Waals surface area contributed by atoms with Crippen molar-refractivity contribution in [3.05, 3.63) is 42.5 Å². The van der Waals surface area contributed by atoms with E-state index in [2.05, 4.69) is 11.3 Å². The predicted octanol–water partition coefficient (Wildman–Crippen LogP) is 3.94. The maximum absolute atomic E-state index is 12.5. The molecule has 0 heterocycles. The van der Waals surface area contributed by atoms with Gasteiger partial charge < -0.3 is 0 Å². The number of hydrogen-bond donors (Lipinski definition) is 1. The van der Waals surface area contributed by atoms with Crippen LogP contribution in [0.25, 0.3) is 0 Å². The summed E-state index contributed by atoms with van der Waals surface area (Å²) in [7, 11) is -3.41. The Hall–Kier alpha value is -1.13. The number of sulfonamides is 1. The summed E-state index contributed by atoms with van der Waals surface area (Å²) >= 11 is 0. The first-order chi connectivity index (χ1) is 9.97. The summed E-state index contributed by atoms with van der Waals surface area (Å²) < 4.78 is 28.0. The molecule has 1 aromatic carbocycles. The van der Waals surface area contributed by atoms with Crippen molar-refractivity contribution in [3.8, 4) is 0 Å². The highest BCUT2D eigenvalue weighted by molar-refractivity contribution is 7.89. The van der Waals surface area contributed by atoms with Crippen LogP contribution in [0.4, 0.5) is 0 Å². The molecule has 1 aliphatic rings. The smallest absolute Gasteiger partial charge is 0.207 e. The van der Waals surface area contributed by atoms with E-state index >= 15 is 0 Å². The summed E-state index contributed by atoms with van der Waals surface area (Å²) in [5.41, 5.74) is 0.849. The third-order valence-corrected chi connectivity index (χ3v) is 5.90. The van der Waals surface area contributed by atoms with Gasteiger partial charge in [0.05, 0.1) is 4.90 Å². The van der Waals surface area contributed by atoms with E-state index in [-0.39, 0.29) is 5.54 Å². The molecule has 1 aromatic rings. The minimum absolute atomic E-state index is 0.217. The zero-order valence-electron chi connectivity index (χ0n) is 12.8. The van der Waals surface area contributed by atoms with Crippen LogP contribution in [0.1, 0.15) is 50.5 Å². The first kappa shape index (κ1) is 16.2. The fraction of sp³-hybridized carbons (Fsp3) is 0.529. The number of hydrogen-bond acceptors (Lipinski definition) is 2. The molecular formula is C17H25NO2S. The highest BCUT2D eigenvalue weighted by Gasteiger charge is 2.39. The summed E-state index contributed by atoms with van der Waals surface area (Å²) in [6.07, 6.45) is 8.98. The molecule has 4 heteroatoms. The third kappa shape index (κ3) is 4.17. The number of benzene rings is 1. The molecule has 2 rings (SSSR count). The van der Waals surface area contributed by atoms with Crippen molar-refractivity contribution in [3.63, 3.8) is 0 Å². The van der Waals surface area contributed by atoms with Crippen LogP contribution in [0.5, 0.6) is 0 Å². The normalized spacial score (nSPS) is 17.2. The van der Waals surface area contributed by atoms with Crippen LogP contribution >= 0.6 is 0 Å². The highest BCUT2D eigenvalue weighted by Crippen LogP contribution is 2.37. The fourth-order valence-corrected chi connectivity index (χ4v) is 4.31. The first-order valence-electron chi connectivity index (χ1n) is 7.69. The van der Waals surface area contributed by atoms with Gasteiger partial charge in [0.25, 0.3) is 0 Å². The van der Waals surface area contributed by atoms with E-state index in [9.17, 15) is 8.42 Å². The SMILES string of the molecule is C=CCCCCC1(NS(=O)(=O)c2ccc(C)cc2)CCC1. The average Bonchev–Trinajstić information content (AvgIpc) is 2.41. The average molecular weight is 307 g/mol. The van der Waals surface area contributed by atoms with Crippen LogP contribution in [0, 0.1) is 6.92 Å². The lowest BCUT2D eigenvalue weighted by molar-refractivity contribution is 0.200. The van der Waals surface area contributed by atoms with Crippen molar-refractivity contribution in [2.75, 3.05) is 0 Å². The van der Waals surface area contributed by atoms with E-state index in [0.717, 1.165) is 50.5 Å². The van der Waals surface area contributed by atoms with Crippen LogP contribution in [-0.4, -0.2) is 14.0 Å².